The quantitative estimate of drug-likeness (QED) is 0.176. The molecule has 0 aliphatic rings. The number of rotatable bonds is 11. The van der Waals surface area contributed by atoms with E-state index in [1.807, 2.05) is 20.8 Å². The van der Waals surface area contributed by atoms with Crippen molar-refractivity contribution in [3.63, 3.8) is 0 Å². The number of ether oxygens (including phenoxy) is 1. The Balaban J connectivity index is 0. The third-order valence-corrected chi connectivity index (χ3v) is 3.73. The molecular formula is C19H42IN5O2. The summed E-state index contributed by atoms with van der Waals surface area (Å²) < 4.78 is 5.20. The zero-order chi connectivity index (χ0) is 20.0. The Labute approximate surface area is 183 Å². The van der Waals surface area contributed by atoms with Gasteiger partial charge in [0.1, 0.15) is 5.60 Å². The molecule has 0 aliphatic heterocycles. The summed E-state index contributed by atoms with van der Waals surface area (Å²) in [7, 11) is 2.16. The minimum absolute atomic E-state index is 0. The molecule has 0 spiro atoms. The van der Waals surface area contributed by atoms with Crippen LogP contribution in [0.4, 0.5) is 4.79 Å². The highest BCUT2D eigenvalue weighted by molar-refractivity contribution is 14.0. The Kier molecular flexibility index (Phi) is 17.1. The largest absolute Gasteiger partial charge is 0.444 e. The Morgan fingerprint density at radius 3 is 2.26 bits per heavy atom. The van der Waals surface area contributed by atoms with Crippen LogP contribution in [0.2, 0.25) is 0 Å². The van der Waals surface area contributed by atoms with Crippen LogP contribution in [0, 0.1) is 0 Å². The molecule has 0 atom stereocenters. The second kappa shape index (κ2) is 16.2. The van der Waals surface area contributed by atoms with E-state index in [9.17, 15) is 4.79 Å². The number of amides is 1. The van der Waals surface area contributed by atoms with Gasteiger partial charge in [-0.1, -0.05) is 0 Å². The third-order valence-electron chi connectivity index (χ3n) is 3.73. The smallest absolute Gasteiger partial charge is 0.407 e. The first-order valence-electron chi connectivity index (χ1n) is 9.85. The highest BCUT2D eigenvalue weighted by atomic mass is 127. The zero-order valence-corrected chi connectivity index (χ0v) is 20.7. The first-order valence-corrected chi connectivity index (χ1v) is 9.85. The molecule has 0 unspecified atom stereocenters. The number of aliphatic imine (C=N–C) groups is 1. The van der Waals surface area contributed by atoms with Crippen molar-refractivity contribution in [2.24, 2.45) is 4.99 Å². The first kappa shape index (κ1) is 28.4. The molecule has 0 rings (SSSR count). The maximum Gasteiger partial charge on any atom is 0.407 e. The van der Waals surface area contributed by atoms with Crippen molar-refractivity contribution in [3.8, 4) is 0 Å². The molecule has 0 radical (unpaired) electrons. The molecule has 7 nitrogen and oxygen atoms in total. The van der Waals surface area contributed by atoms with Gasteiger partial charge in [-0.3, -0.25) is 4.99 Å². The number of unbranched alkanes of at least 4 members (excludes halogenated alkanes) is 1. The highest BCUT2D eigenvalue weighted by Crippen LogP contribution is 2.06. The van der Waals surface area contributed by atoms with E-state index in [0.717, 1.165) is 38.4 Å². The predicted molar refractivity (Wildman–Crippen MR) is 125 cm³/mol. The van der Waals surface area contributed by atoms with Crippen molar-refractivity contribution in [2.45, 2.75) is 72.4 Å². The molecule has 0 aromatic rings. The summed E-state index contributed by atoms with van der Waals surface area (Å²) in [6, 6.07) is 0.594. The fraction of sp³-hybridized carbons (Fsp3) is 0.895. The lowest BCUT2D eigenvalue weighted by atomic mass is 10.2. The summed E-state index contributed by atoms with van der Waals surface area (Å²) >= 11 is 0. The van der Waals surface area contributed by atoms with E-state index >= 15 is 0 Å². The van der Waals surface area contributed by atoms with Crippen molar-refractivity contribution in [1.82, 2.24) is 20.9 Å². The number of guanidine groups is 1. The van der Waals surface area contributed by atoms with Gasteiger partial charge in [0.2, 0.25) is 0 Å². The van der Waals surface area contributed by atoms with Gasteiger partial charge in [0.05, 0.1) is 0 Å². The van der Waals surface area contributed by atoms with Crippen LogP contribution in [0.5, 0.6) is 0 Å². The zero-order valence-electron chi connectivity index (χ0n) is 18.4. The molecule has 0 saturated carbocycles. The molecule has 3 N–H and O–H groups in total. The Morgan fingerprint density at radius 1 is 1.07 bits per heavy atom. The molecular weight excluding hydrogens is 457 g/mol. The van der Waals surface area contributed by atoms with E-state index in [1.165, 1.54) is 6.42 Å². The SMILES string of the molecule is CCNC(=NCCCNC(=O)OC(C)(C)C)NCCCCN(C)C(C)C.I. The molecule has 1 amide bonds. The van der Waals surface area contributed by atoms with Crippen LogP contribution in [0.3, 0.4) is 0 Å². The molecule has 0 aromatic heterocycles. The van der Waals surface area contributed by atoms with E-state index in [0.29, 0.717) is 19.1 Å². The van der Waals surface area contributed by atoms with Gasteiger partial charge in [0.15, 0.2) is 5.96 Å². The number of nitrogens with one attached hydrogen (secondary N) is 3. The normalized spacial score (nSPS) is 12.0. The van der Waals surface area contributed by atoms with Gasteiger partial charge in [-0.25, -0.2) is 4.79 Å². The fourth-order valence-electron chi connectivity index (χ4n) is 2.07. The Bertz CT molecular complexity index is 411. The molecule has 0 heterocycles. The maximum absolute atomic E-state index is 11.6. The average Bonchev–Trinajstić information content (AvgIpc) is 2.51. The molecule has 162 valence electrons. The monoisotopic (exact) mass is 499 g/mol. The van der Waals surface area contributed by atoms with Crippen molar-refractivity contribution >= 4 is 36.0 Å². The van der Waals surface area contributed by atoms with Crippen LogP contribution in [0.1, 0.15) is 60.8 Å². The van der Waals surface area contributed by atoms with Crippen LogP contribution in [-0.4, -0.2) is 68.4 Å². The number of hydrogen-bond donors (Lipinski definition) is 3. The average molecular weight is 499 g/mol. The summed E-state index contributed by atoms with van der Waals surface area (Å²) in [4.78, 5) is 18.4. The number of halogens is 1. The molecule has 8 heteroatoms. The second-order valence-electron chi connectivity index (χ2n) is 7.75. The van der Waals surface area contributed by atoms with Crippen LogP contribution in [-0.2, 0) is 4.74 Å². The lowest BCUT2D eigenvalue weighted by Crippen LogP contribution is -2.38. The molecule has 0 saturated heterocycles. The minimum Gasteiger partial charge on any atom is -0.444 e. The molecule has 0 fully saturated rings. The number of nitrogens with zero attached hydrogens (tertiary/aromatic N) is 2. The van der Waals surface area contributed by atoms with Crippen molar-refractivity contribution < 1.29 is 9.53 Å². The number of carbonyl (C=O) groups excluding carboxylic acids is 1. The summed E-state index contributed by atoms with van der Waals surface area (Å²) in [6.07, 6.45) is 2.68. The lowest BCUT2D eigenvalue weighted by molar-refractivity contribution is 0.0527. The number of hydrogen-bond acceptors (Lipinski definition) is 4. The van der Waals surface area contributed by atoms with Crippen LogP contribution in [0.25, 0.3) is 0 Å². The van der Waals surface area contributed by atoms with Gasteiger partial charge in [-0.05, 0) is 74.4 Å². The lowest BCUT2D eigenvalue weighted by Gasteiger charge is -2.20. The van der Waals surface area contributed by atoms with Gasteiger partial charge in [-0.2, -0.15) is 0 Å². The van der Waals surface area contributed by atoms with E-state index < -0.39 is 5.60 Å². The number of alkyl carbamates (subject to hydrolysis) is 1. The van der Waals surface area contributed by atoms with E-state index in [-0.39, 0.29) is 30.1 Å². The fourth-order valence-corrected chi connectivity index (χ4v) is 2.07. The summed E-state index contributed by atoms with van der Waals surface area (Å²) in [6.45, 7) is 16.1. The molecule has 0 aromatic carbocycles. The molecule has 27 heavy (non-hydrogen) atoms. The van der Waals surface area contributed by atoms with Gasteiger partial charge in [0.25, 0.3) is 0 Å². The van der Waals surface area contributed by atoms with Crippen molar-refractivity contribution in [2.75, 3.05) is 39.8 Å². The summed E-state index contributed by atoms with van der Waals surface area (Å²) in [5.74, 6) is 0.835. The molecule has 0 bridgehead atoms. The Hall–Kier alpha value is -0.770. The second-order valence-corrected chi connectivity index (χ2v) is 7.75. The Morgan fingerprint density at radius 2 is 1.70 bits per heavy atom. The molecule has 0 aliphatic carbocycles. The summed E-state index contributed by atoms with van der Waals surface area (Å²) in [5, 5.41) is 9.36. The van der Waals surface area contributed by atoms with Gasteiger partial charge < -0.3 is 25.6 Å². The van der Waals surface area contributed by atoms with Crippen molar-refractivity contribution in [3.05, 3.63) is 0 Å². The highest BCUT2D eigenvalue weighted by Gasteiger charge is 2.15. The van der Waals surface area contributed by atoms with E-state index in [2.05, 4.69) is 53.7 Å². The summed E-state index contributed by atoms with van der Waals surface area (Å²) in [5.41, 5.74) is -0.464. The predicted octanol–water partition coefficient (Wildman–Crippen LogP) is 3.19. The van der Waals surface area contributed by atoms with Gasteiger partial charge >= 0.3 is 6.09 Å². The van der Waals surface area contributed by atoms with Crippen LogP contribution in [0.15, 0.2) is 4.99 Å². The topological polar surface area (TPSA) is 78.0 Å². The van der Waals surface area contributed by atoms with Gasteiger partial charge in [-0.15, -0.1) is 24.0 Å². The van der Waals surface area contributed by atoms with Gasteiger partial charge in [0, 0.05) is 32.2 Å². The minimum atomic E-state index is -0.464. The third kappa shape index (κ3) is 18.4. The van der Waals surface area contributed by atoms with Crippen molar-refractivity contribution in [1.29, 1.82) is 0 Å². The standard InChI is InChI=1S/C19H41N5O2.HI/c1-8-20-17(21-12-9-10-15-24(7)16(2)3)22-13-11-14-23-18(25)26-19(4,5)6;/h16H,8-15H2,1-7H3,(H,23,25)(H2,20,21,22);1H. The van der Waals surface area contributed by atoms with E-state index in [1.54, 1.807) is 0 Å². The maximum atomic E-state index is 11.6. The van der Waals surface area contributed by atoms with E-state index in [4.69, 9.17) is 4.74 Å². The van der Waals surface area contributed by atoms with Crippen LogP contribution >= 0.6 is 24.0 Å². The van der Waals surface area contributed by atoms with Crippen LogP contribution < -0.4 is 16.0 Å². The number of carbonyl (C=O) groups is 1. The first-order chi connectivity index (χ1) is 12.2.